The van der Waals surface area contributed by atoms with Crippen molar-refractivity contribution in [1.82, 2.24) is 9.78 Å². The van der Waals surface area contributed by atoms with Gasteiger partial charge in [0.15, 0.2) is 11.4 Å². The number of hydrogen-bond donors (Lipinski definition) is 5. The van der Waals surface area contributed by atoms with Crippen molar-refractivity contribution < 1.29 is 50.5 Å². The van der Waals surface area contributed by atoms with E-state index in [1.54, 1.807) is 0 Å². The van der Waals surface area contributed by atoms with Crippen molar-refractivity contribution in [3.8, 4) is 5.69 Å². The maximum Gasteiger partial charge on any atom is 0.356 e. The molecule has 0 radical (unpaired) electrons. The maximum atomic E-state index is 12.9. The number of carboxylic acid groups (broad SMARTS) is 1. The van der Waals surface area contributed by atoms with Gasteiger partial charge in [0, 0.05) is 4.90 Å². The molecule has 3 rings (SSSR count). The molecule has 0 saturated carbocycles. The number of aromatic amines is 1. The van der Waals surface area contributed by atoms with Crippen LogP contribution in [0.15, 0.2) is 66.1 Å². The molecule has 0 spiro atoms. The molecule has 192 valence electrons. The first-order valence-corrected chi connectivity index (χ1v) is 12.7. The molecule has 5 N–H and O–H groups in total. The van der Waals surface area contributed by atoms with Crippen LogP contribution in [0.25, 0.3) is 5.69 Å². The van der Waals surface area contributed by atoms with E-state index in [4.69, 9.17) is 9.81 Å². The number of azo groups is 1. The summed E-state index contributed by atoms with van der Waals surface area (Å²) < 4.78 is 69.6. The number of carboxylic acids is 1. The normalized spacial score (nSPS) is 12.3. The summed E-state index contributed by atoms with van der Waals surface area (Å²) >= 11 is 0.441. The van der Waals surface area contributed by atoms with Crippen LogP contribution in [0.1, 0.15) is 16.1 Å². The van der Waals surface area contributed by atoms with Crippen LogP contribution in [0, 0.1) is 6.92 Å². The molecule has 0 unspecified atom stereocenters. The third kappa shape index (κ3) is 5.85. The van der Waals surface area contributed by atoms with E-state index in [2.05, 4.69) is 24.7 Å². The molecular formula is C17H14N4O12S3. The third-order valence-electron chi connectivity index (χ3n) is 4.42. The second-order valence-corrected chi connectivity index (χ2v) is 10.3. The molecule has 0 fully saturated rings. The second kappa shape index (κ2) is 10.3. The van der Waals surface area contributed by atoms with Crippen LogP contribution in [0.2, 0.25) is 0 Å². The van der Waals surface area contributed by atoms with Gasteiger partial charge in [0.05, 0.1) is 22.6 Å². The first-order valence-electron chi connectivity index (χ1n) is 9.09. The summed E-state index contributed by atoms with van der Waals surface area (Å²) in [6.45, 7) is 1.43. The summed E-state index contributed by atoms with van der Waals surface area (Å²) in [7, 11) is -9.37. The van der Waals surface area contributed by atoms with E-state index < -0.39 is 58.6 Å². The number of hydrogen-bond acceptors (Lipinski definition) is 12. The molecule has 0 bridgehead atoms. The maximum absolute atomic E-state index is 12.9. The monoisotopic (exact) mass is 562 g/mol. The Bertz CT molecular complexity index is 1620. The number of benzene rings is 2. The van der Waals surface area contributed by atoms with Gasteiger partial charge in [0.1, 0.15) is 10.6 Å². The third-order valence-corrected chi connectivity index (χ3v) is 6.92. The molecule has 1 aromatic heterocycles. The molecule has 0 atom stereocenters. The van der Waals surface area contributed by atoms with Crippen LogP contribution in [-0.2, 0) is 29.6 Å². The van der Waals surface area contributed by atoms with Crippen molar-refractivity contribution >= 4 is 49.6 Å². The highest BCUT2D eigenvalue weighted by molar-refractivity contribution is 7.94. The number of rotatable bonds is 9. The van der Waals surface area contributed by atoms with Crippen molar-refractivity contribution in [2.45, 2.75) is 21.6 Å². The molecule has 2 aromatic carbocycles. The van der Waals surface area contributed by atoms with Crippen LogP contribution in [0.3, 0.4) is 0 Å². The van der Waals surface area contributed by atoms with Crippen LogP contribution in [0.5, 0.6) is 0 Å². The molecule has 0 aliphatic carbocycles. The number of aryl methyl sites for hydroxylation is 1. The van der Waals surface area contributed by atoms with Crippen molar-refractivity contribution in [3.05, 3.63) is 58.0 Å². The summed E-state index contributed by atoms with van der Waals surface area (Å²) in [5.74, 6) is -1.64. The minimum Gasteiger partial charge on any atom is -0.476 e. The summed E-state index contributed by atoms with van der Waals surface area (Å²) in [4.78, 5) is 23.5. The van der Waals surface area contributed by atoms with Gasteiger partial charge in [-0.05, 0) is 48.9 Å². The number of carbonyl (C=O) groups is 1. The number of aromatic carboxylic acids is 1. The van der Waals surface area contributed by atoms with Crippen molar-refractivity contribution in [2.24, 2.45) is 10.2 Å². The standard InChI is InChI=1S/C17H14N4O12S3/c1-8-6-13(36(29,30)31)11(7-12(8)34-33-32-25)18-19-14-15(17(23)24)20-21(16(14)22)9-2-4-10(5-3-9)35(26,27)28/h2-7,20,25H,1H3,(H,23,24)(H,26,27,28)(H,29,30,31). The molecule has 36 heavy (non-hydrogen) atoms. The molecule has 0 aliphatic rings. The Morgan fingerprint density at radius 3 is 2.22 bits per heavy atom. The Morgan fingerprint density at radius 2 is 1.69 bits per heavy atom. The van der Waals surface area contributed by atoms with E-state index in [1.807, 2.05) is 0 Å². The lowest BCUT2D eigenvalue weighted by atomic mass is 10.2. The highest BCUT2D eigenvalue weighted by atomic mass is 32.2. The minimum absolute atomic E-state index is 0.0369. The smallest absolute Gasteiger partial charge is 0.356 e. The fourth-order valence-corrected chi connectivity index (χ4v) is 4.42. The lowest BCUT2D eigenvalue weighted by molar-refractivity contribution is -0.432. The van der Waals surface area contributed by atoms with Crippen molar-refractivity contribution in [3.63, 3.8) is 0 Å². The number of nitrogens with one attached hydrogen (secondary N) is 1. The van der Waals surface area contributed by atoms with Gasteiger partial charge in [-0.15, -0.1) is 14.6 Å². The van der Waals surface area contributed by atoms with Crippen molar-refractivity contribution in [1.29, 1.82) is 0 Å². The Labute approximate surface area is 205 Å². The van der Waals surface area contributed by atoms with Gasteiger partial charge in [-0.2, -0.15) is 16.8 Å². The topological polar surface area (TPSA) is 247 Å². The molecule has 16 nitrogen and oxygen atoms in total. The number of H-pyrrole nitrogens is 1. The molecule has 0 saturated heterocycles. The Kier molecular flexibility index (Phi) is 7.76. The Balaban J connectivity index is 2.14. The molecule has 0 amide bonds. The zero-order valence-electron chi connectivity index (χ0n) is 17.6. The zero-order valence-corrected chi connectivity index (χ0v) is 20.0. The first kappa shape index (κ1) is 27.2. The molecule has 0 aliphatic heterocycles. The predicted molar refractivity (Wildman–Crippen MR) is 119 cm³/mol. The van der Waals surface area contributed by atoms with E-state index in [-0.39, 0.29) is 16.1 Å². The quantitative estimate of drug-likeness (QED) is 0.0827. The largest absolute Gasteiger partial charge is 0.476 e. The van der Waals surface area contributed by atoms with E-state index in [0.29, 0.717) is 16.7 Å². The highest BCUT2D eigenvalue weighted by Crippen LogP contribution is 2.34. The summed E-state index contributed by atoms with van der Waals surface area (Å²) in [5.41, 5.74) is -2.91. The van der Waals surface area contributed by atoms with Crippen molar-refractivity contribution in [2.75, 3.05) is 0 Å². The summed E-state index contributed by atoms with van der Waals surface area (Å²) in [6, 6.07) is 6.14. The van der Waals surface area contributed by atoms with Gasteiger partial charge in [-0.25, -0.2) is 14.7 Å². The lowest BCUT2D eigenvalue weighted by Crippen LogP contribution is -2.14. The van der Waals surface area contributed by atoms with Gasteiger partial charge in [-0.3, -0.25) is 19.0 Å². The summed E-state index contributed by atoms with van der Waals surface area (Å²) in [6.07, 6.45) is 0. The van der Waals surface area contributed by atoms with Gasteiger partial charge >= 0.3 is 5.97 Å². The first-order chi connectivity index (χ1) is 16.7. The average molecular weight is 563 g/mol. The highest BCUT2D eigenvalue weighted by Gasteiger charge is 2.23. The fraction of sp³-hybridized carbons (Fsp3) is 0.0588. The predicted octanol–water partition coefficient (Wildman–Crippen LogP) is 2.51. The Morgan fingerprint density at radius 1 is 1.06 bits per heavy atom. The van der Waals surface area contributed by atoms with Gasteiger partial charge < -0.3 is 5.11 Å². The van der Waals surface area contributed by atoms with Crippen LogP contribution in [0.4, 0.5) is 11.4 Å². The average Bonchev–Trinajstić information content (AvgIpc) is 3.12. The van der Waals surface area contributed by atoms with Crippen LogP contribution < -0.4 is 5.56 Å². The molecular weight excluding hydrogens is 548 g/mol. The second-order valence-electron chi connectivity index (χ2n) is 6.74. The van der Waals surface area contributed by atoms with E-state index in [0.717, 1.165) is 36.4 Å². The summed E-state index contributed by atoms with van der Waals surface area (Å²) in [5, 5.41) is 30.7. The Hall–Kier alpha value is -3.43. The van der Waals surface area contributed by atoms with E-state index in [1.165, 1.54) is 6.92 Å². The lowest BCUT2D eigenvalue weighted by Gasteiger charge is -2.07. The molecule has 19 heteroatoms. The zero-order chi connectivity index (χ0) is 26.8. The number of aromatic nitrogens is 2. The van der Waals surface area contributed by atoms with Crippen LogP contribution >= 0.6 is 12.0 Å². The fourth-order valence-electron chi connectivity index (χ4n) is 2.80. The van der Waals surface area contributed by atoms with Gasteiger partial charge in [-0.1, -0.05) is 5.04 Å². The SMILES string of the molecule is Cc1cc(S(=O)(=O)O)c(N=Nc2c(C(=O)O)[nH]n(-c3ccc(S(=O)(=O)O)cc3)c2=O)cc1SOOO. The van der Waals surface area contributed by atoms with Gasteiger partial charge in [0.2, 0.25) is 0 Å². The minimum atomic E-state index is -4.85. The molecule has 1 heterocycles. The number of nitrogens with zero attached hydrogens (tertiary/aromatic N) is 3. The van der Waals surface area contributed by atoms with E-state index in [9.17, 15) is 36.1 Å². The molecule has 3 aromatic rings. The van der Waals surface area contributed by atoms with E-state index >= 15 is 0 Å². The van der Waals surface area contributed by atoms with Crippen LogP contribution in [-0.4, -0.2) is 52.1 Å². The van der Waals surface area contributed by atoms with Gasteiger partial charge in [0.25, 0.3) is 25.8 Å².